The Balaban J connectivity index is 1.85. The van der Waals surface area contributed by atoms with E-state index in [0.717, 1.165) is 27.7 Å². The number of aliphatic hydroxyl groups is 1. The summed E-state index contributed by atoms with van der Waals surface area (Å²) in [7, 11) is 0. The predicted octanol–water partition coefficient (Wildman–Crippen LogP) is 2.57. The molecule has 0 saturated carbocycles. The van der Waals surface area contributed by atoms with E-state index in [9.17, 15) is 18.7 Å². The lowest BCUT2D eigenvalue weighted by atomic mass is 10.1. The summed E-state index contributed by atoms with van der Waals surface area (Å²) in [6, 6.07) is 2.78. The fourth-order valence-electron chi connectivity index (χ4n) is 2.08. The van der Waals surface area contributed by atoms with E-state index in [1.807, 2.05) is 13.8 Å². The highest BCUT2D eigenvalue weighted by atomic mass is 32.1. The summed E-state index contributed by atoms with van der Waals surface area (Å²) in [4.78, 5) is 16.9. The SMILES string of the molecule is Cc1nc(C)c(CNC(=O)NCC(O)c2c(F)cccc2F)s1. The zero-order valence-electron chi connectivity index (χ0n) is 12.7. The minimum atomic E-state index is -1.46. The molecule has 1 heterocycles. The molecule has 5 nitrogen and oxygen atoms in total. The molecule has 0 aliphatic heterocycles. The van der Waals surface area contributed by atoms with Gasteiger partial charge in [-0.3, -0.25) is 0 Å². The van der Waals surface area contributed by atoms with Crippen molar-refractivity contribution in [3.05, 3.63) is 51.0 Å². The van der Waals surface area contributed by atoms with Crippen LogP contribution in [-0.4, -0.2) is 22.7 Å². The molecule has 8 heteroatoms. The quantitative estimate of drug-likeness (QED) is 0.782. The number of nitrogens with one attached hydrogen (secondary N) is 2. The molecule has 1 unspecified atom stereocenters. The van der Waals surface area contributed by atoms with E-state index in [2.05, 4.69) is 15.6 Å². The molecule has 0 saturated heterocycles. The molecule has 0 spiro atoms. The average Bonchev–Trinajstić information content (AvgIpc) is 2.80. The number of halogens is 2. The smallest absolute Gasteiger partial charge is 0.315 e. The van der Waals surface area contributed by atoms with Gasteiger partial charge in [-0.1, -0.05) is 6.07 Å². The maximum absolute atomic E-state index is 13.5. The molecule has 0 aliphatic rings. The molecular weight excluding hydrogens is 324 g/mol. The van der Waals surface area contributed by atoms with Crippen LogP contribution in [0.4, 0.5) is 13.6 Å². The summed E-state index contributed by atoms with van der Waals surface area (Å²) in [6.07, 6.45) is -1.46. The van der Waals surface area contributed by atoms with Crippen molar-refractivity contribution < 1.29 is 18.7 Å². The van der Waals surface area contributed by atoms with Crippen LogP contribution in [0.1, 0.15) is 27.2 Å². The molecule has 0 bridgehead atoms. The summed E-state index contributed by atoms with van der Waals surface area (Å²) in [5.41, 5.74) is 0.392. The van der Waals surface area contributed by atoms with E-state index in [1.165, 1.54) is 17.4 Å². The number of amides is 2. The molecular formula is C15H17F2N3O2S. The van der Waals surface area contributed by atoms with E-state index < -0.39 is 29.3 Å². The zero-order valence-corrected chi connectivity index (χ0v) is 13.5. The van der Waals surface area contributed by atoms with Crippen molar-refractivity contribution in [2.24, 2.45) is 0 Å². The second-order valence-corrected chi connectivity index (χ2v) is 6.24. The Bertz CT molecular complexity index is 686. The standard InChI is InChI=1S/C15H17F2N3O2S/c1-8-13(23-9(2)20-8)7-19-15(22)18-6-12(21)14-10(16)4-3-5-11(14)17/h3-5,12,21H,6-7H2,1-2H3,(H2,18,19,22). The Morgan fingerprint density at radius 1 is 1.30 bits per heavy atom. The maximum Gasteiger partial charge on any atom is 0.315 e. The summed E-state index contributed by atoms with van der Waals surface area (Å²) in [5, 5.41) is 15.7. The minimum Gasteiger partial charge on any atom is -0.386 e. The van der Waals surface area contributed by atoms with Crippen LogP contribution >= 0.6 is 11.3 Å². The van der Waals surface area contributed by atoms with Crippen molar-refractivity contribution in [1.82, 2.24) is 15.6 Å². The molecule has 23 heavy (non-hydrogen) atoms. The predicted molar refractivity (Wildman–Crippen MR) is 83.1 cm³/mol. The summed E-state index contributed by atoms with van der Waals surface area (Å²) in [5.74, 6) is -1.70. The van der Waals surface area contributed by atoms with Crippen LogP contribution in [-0.2, 0) is 6.54 Å². The molecule has 0 radical (unpaired) electrons. The zero-order chi connectivity index (χ0) is 17.0. The first-order valence-corrected chi connectivity index (χ1v) is 7.76. The van der Waals surface area contributed by atoms with Gasteiger partial charge < -0.3 is 15.7 Å². The van der Waals surface area contributed by atoms with Crippen molar-refractivity contribution in [2.75, 3.05) is 6.54 Å². The first-order valence-electron chi connectivity index (χ1n) is 6.95. The molecule has 1 aromatic heterocycles. The molecule has 2 amide bonds. The third kappa shape index (κ3) is 4.46. The van der Waals surface area contributed by atoms with Crippen molar-refractivity contribution >= 4 is 17.4 Å². The molecule has 1 aromatic carbocycles. The highest BCUT2D eigenvalue weighted by Crippen LogP contribution is 2.20. The number of aromatic nitrogens is 1. The van der Waals surface area contributed by atoms with Gasteiger partial charge in [0.2, 0.25) is 0 Å². The van der Waals surface area contributed by atoms with Crippen LogP contribution in [0.25, 0.3) is 0 Å². The molecule has 2 aromatic rings. The lowest BCUT2D eigenvalue weighted by Gasteiger charge is -2.14. The van der Waals surface area contributed by atoms with Crippen LogP contribution in [0.15, 0.2) is 18.2 Å². The number of hydrogen-bond acceptors (Lipinski definition) is 4. The van der Waals surface area contributed by atoms with Gasteiger partial charge in [-0.05, 0) is 26.0 Å². The number of thiazole rings is 1. The van der Waals surface area contributed by atoms with Crippen LogP contribution in [0.2, 0.25) is 0 Å². The van der Waals surface area contributed by atoms with Crippen molar-refractivity contribution in [3.63, 3.8) is 0 Å². The molecule has 1 atom stereocenters. The van der Waals surface area contributed by atoms with E-state index in [0.29, 0.717) is 6.54 Å². The van der Waals surface area contributed by atoms with Gasteiger partial charge in [-0.15, -0.1) is 11.3 Å². The highest BCUT2D eigenvalue weighted by molar-refractivity contribution is 7.11. The minimum absolute atomic E-state index is 0.299. The number of hydrogen-bond donors (Lipinski definition) is 3. The first kappa shape index (κ1) is 17.3. The van der Waals surface area contributed by atoms with E-state index in [-0.39, 0.29) is 6.54 Å². The van der Waals surface area contributed by atoms with Gasteiger partial charge >= 0.3 is 6.03 Å². The van der Waals surface area contributed by atoms with E-state index in [1.54, 1.807) is 0 Å². The number of carbonyl (C=O) groups is 1. The Morgan fingerprint density at radius 2 is 1.96 bits per heavy atom. The number of aliphatic hydroxyl groups excluding tert-OH is 1. The third-order valence-electron chi connectivity index (χ3n) is 3.20. The van der Waals surface area contributed by atoms with Gasteiger partial charge in [-0.2, -0.15) is 0 Å². The second kappa shape index (κ2) is 7.47. The van der Waals surface area contributed by atoms with Crippen LogP contribution in [0.3, 0.4) is 0 Å². The lowest BCUT2D eigenvalue weighted by molar-refractivity contribution is 0.164. The number of carbonyl (C=O) groups excluding carboxylic acids is 1. The summed E-state index contributed by atoms with van der Waals surface area (Å²) in [6.45, 7) is 3.72. The fraction of sp³-hybridized carbons (Fsp3) is 0.333. The van der Waals surface area contributed by atoms with Gasteiger partial charge in [0, 0.05) is 11.4 Å². The largest absolute Gasteiger partial charge is 0.386 e. The molecule has 3 N–H and O–H groups in total. The molecule has 0 aliphatic carbocycles. The Labute approximate surface area is 136 Å². The van der Waals surface area contributed by atoms with Gasteiger partial charge in [0.25, 0.3) is 0 Å². The van der Waals surface area contributed by atoms with E-state index >= 15 is 0 Å². The monoisotopic (exact) mass is 341 g/mol. The first-order chi connectivity index (χ1) is 10.9. The third-order valence-corrected chi connectivity index (χ3v) is 4.27. The number of rotatable bonds is 5. The fourth-order valence-corrected chi connectivity index (χ4v) is 2.96. The Morgan fingerprint density at radius 3 is 2.52 bits per heavy atom. The Hall–Kier alpha value is -2.06. The Kier molecular flexibility index (Phi) is 5.62. The van der Waals surface area contributed by atoms with Gasteiger partial charge in [0.05, 0.1) is 22.8 Å². The van der Waals surface area contributed by atoms with Crippen LogP contribution in [0, 0.1) is 25.5 Å². The number of aryl methyl sites for hydroxylation is 2. The lowest BCUT2D eigenvalue weighted by Crippen LogP contribution is -2.37. The number of nitrogens with zero attached hydrogens (tertiary/aromatic N) is 1. The van der Waals surface area contributed by atoms with Crippen molar-refractivity contribution in [2.45, 2.75) is 26.5 Å². The van der Waals surface area contributed by atoms with Gasteiger partial charge in [0.15, 0.2) is 0 Å². The average molecular weight is 341 g/mol. The highest BCUT2D eigenvalue weighted by Gasteiger charge is 2.18. The normalized spacial score (nSPS) is 12.0. The second-order valence-electron chi connectivity index (χ2n) is 4.96. The molecule has 0 fully saturated rings. The summed E-state index contributed by atoms with van der Waals surface area (Å²) >= 11 is 1.48. The number of urea groups is 1. The van der Waals surface area contributed by atoms with Crippen molar-refractivity contribution in [1.29, 1.82) is 0 Å². The van der Waals surface area contributed by atoms with Gasteiger partial charge in [-0.25, -0.2) is 18.6 Å². The van der Waals surface area contributed by atoms with E-state index in [4.69, 9.17) is 0 Å². The van der Waals surface area contributed by atoms with Gasteiger partial charge in [0.1, 0.15) is 17.7 Å². The van der Waals surface area contributed by atoms with Crippen LogP contribution < -0.4 is 10.6 Å². The molecule has 124 valence electrons. The topological polar surface area (TPSA) is 74.2 Å². The van der Waals surface area contributed by atoms with Crippen molar-refractivity contribution in [3.8, 4) is 0 Å². The summed E-state index contributed by atoms with van der Waals surface area (Å²) < 4.78 is 27.0. The molecule has 2 rings (SSSR count). The number of benzene rings is 1. The van der Waals surface area contributed by atoms with Crippen LogP contribution in [0.5, 0.6) is 0 Å². The maximum atomic E-state index is 13.5.